The van der Waals surface area contributed by atoms with Crippen LogP contribution in [-0.2, 0) is 6.54 Å². The third kappa shape index (κ3) is 3.95. The quantitative estimate of drug-likeness (QED) is 0.883. The SMILES string of the molecule is CCN(CC)c1ccc(CN2CCC[C@@H](O)C2)cc1. The summed E-state index contributed by atoms with van der Waals surface area (Å²) in [5.74, 6) is 0. The van der Waals surface area contributed by atoms with Crippen LogP contribution < -0.4 is 4.90 Å². The molecule has 2 rings (SSSR count). The smallest absolute Gasteiger partial charge is 0.0667 e. The number of rotatable bonds is 5. The van der Waals surface area contributed by atoms with Gasteiger partial charge in [-0.3, -0.25) is 4.90 Å². The number of piperidine rings is 1. The molecule has 1 N–H and O–H groups in total. The van der Waals surface area contributed by atoms with E-state index in [1.807, 2.05) is 0 Å². The van der Waals surface area contributed by atoms with Gasteiger partial charge in [-0.05, 0) is 50.9 Å². The van der Waals surface area contributed by atoms with Gasteiger partial charge < -0.3 is 10.0 Å². The lowest BCUT2D eigenvalue weighted by Gasteiger charge is -2.30. The molecule has 1 saturated heterocycles. The van der Waals surface area contributed by atoms with Crippen molar-refractivity contribution in [3.8, 4) is 0 Å². The number of β-amino-alcohol motifs (C(OH)–C–C–N with tert-alkyl or cyclic N) is 1. The molecule has 0 saturated carbocycles. The van der Waals surface area contributed by atoms with Gasteiger partial charge in [-0.25, -0.2) is 0 Å². The summed E-state index contributed by atoms with van der Waals surface area (Å²) in [5.41, 5.74) is 2.64. The Labute approximate surface area is 116 Å². The van der Waals surface area contributed by atoms with E-state index < -0.39 is 0 Å². The van der Waals surface area contributed by atoms with Crippen molar-refractivity contribution in [2.45, 2.75) is 39.3 Å². The molecule has 0 radical (unpaired) electrons. The standard InChI is InChI=1S/C16H26N2O/c1-3-18(4-2)15-9-7-14(8-10-15)12-17-11-5-6-16(19)13-17/h7-10,16,19H,3-6,11-13H2,1-2H3/t16-/m1/s1. The molecule has 1 heterocycles. The van der Waals surface area contributed by atoms with E-state index in [0.717, 1.165) is 45.6 Å². The van der Waals surface area contributed by atoms with E-state index in [9.17, 15) is 5.11 Å². The first-order valence-electron chi connectivity index (χ1n) is 7.47. The molecule has 1 aromatic rings. The van der Waals surface area contributed by atoms with Crippen LogP contribution in [0.2, 0.25) is 0 Å². The highest BCUT2D eigenvalue weighted by atomic mass is 16.3. The predicted molar refractivity (Wildman–Crippen MR) is 80.5 cm³/mol. The molecular weight excluding hydrogens is 236 g/mol. The van der Waals surface area contributed by atoms with Crippen molar-refractivity contribution in [1.29, 1.82) is 0 Å². The molecule has 19 heavy (non-hydrogen) atoms. The maximum absolute atomic E-state index is 9.69. The van der Waals surface area contributed by atoms with Crippen LogP contribution in [0.1, 0.15) is 32.3 Å². The molecule has 0 bridgehead atoms. The number of hydrogen-bond acceptors (Lipinski definition) is 3. The number of aliphatic hydroxyl groups excluding tert-OH is 1. The number of nitrogens with zero attached hydrogens (tertiary/aromatic N) is 2. The van der Waals surface area contributed by atoms with Gasteiger partial charge in [0.2, 0.25) is 0 Å². The monoisotopic (exact) mass is 262 g/mol. The second kappa shape index (κ2) is 6.92. The average Bonchev–Trinajstić information content (AvgIpc) is 2.42. The Hall–Kier alpha value is -1.06. The highest BCUT2D eigenvalue weighted by Gasteiger charge is 2.17. The molecule has 1 aromatic carbocycles. The van der Waals surface area contributed by atoms with Crippen molar-refractivity contribution in [3.05, 3.63) is 29.8 Å². The molecule has 1 atom stereocenters. The van der Waals surface area contributed by atoms with Gasteiger partial charge in [-0.1, -0.05) is 12.1 Å². The molecule has 3 nitrogen and oxygen atoms in total. The zero-order valence-corrected chi connectivity index (χ0v) is 12.2. The van der Waals surface area contributed by atoms with Gasteiger partial charge in [0.1, 0.15) is 0 Å². The largest absolute Gasteiger partial charge is 0.392 e. The molecule has 0 aliphatic carbocycles. The minimum absolute atomic E-state index is 0.135. The van der Waals surface area contributed by atoms with Crippen molar-refractivity contribution in [1.82, 2.24) is 4.90 Å². The molecule has 1 fully saturated rings. The van der Waals surface area contributed by atoms with Gasteiger partial charge >= 0.3 is 0 Å². The van der Waals surface area contributed by atoms with E-state index >= 15 is 0 Å². The summed E-state index contributed by atoms with van der Waals surface area (Å²) < 4.78 is 0. The Bertz CT molecular complexity index is 373. The van der Waals surface area contributed by atoms with Crippen molar-refractivity contribution in [2.75, 3.05) is 31.1 Å². The molecule has 0 unspecified atom stereocenters. The topological polar surface area (TPSA) is 26.7 Å². The van der Waals surface area contributed by atoms with Crippen LogP contribution in [0.3, 0.4) is 0 Å². The highest BCUT2D eigenvalue weighted by Crippen LogP contribution is 2.18. The fraction of sp³-hybridized carbons (Fsp3) is 0.625. The van der Waals surface area contributed by atoms with Crippen molar-refractivity contribution >= 4 is 5.69 Å². The normalized spacial score (nSPS) is 20.5. The number of likely N-dealkylation sites (tertiary alicyclic amines) is 1. The predicted octanol–water partition coefficient (Wildman–Crippen LogP) is 2.49. The zero-order valence-electron chi connectivity index (χ0n) is 12.2. The average molecular weight is 262 g/mol. The Morgan fingerprint density at radius 3 is 2.47 bits per heavy atom. The second-order valence-electron chi connectivity index (χ2n) is 5.37. The Kier molecular flexibility index (Phi) is 5.23. The van der Waals surface area contributed by atoms with Crippen molar-refractivity contribution < 1.29 is 5.11 Å². The summed E-state index contributed by atoms with van der Waals surface area (Å²) in [7, 11) is 0. The minimum Gasteiger partial charge on any atom is -0.392 e. The summed E-state index contributed by atoms with van der Waals surface area (Å²) in [6.45, 7) is 9.35. The Morgan fingerprint density at radius 1 is 1.21 bits per heavy atom. The second-order valence-corrected chi connectivity index (χ2v) is 5.37. The molecule has 0 spiro atoms. The van der Waals surface area contributed by atoms with Crippen LogP contribution in [0.25, 0.3) is 0 Å². The first-order chi connectivity index (χ1) is 9.22. The minimum atomic E-state index is -0.135. The summed E-state index contributed by atoms with van der Waals surface area (Å²) in [4.78, 5) is 4.70. The van der Waals surface area contributed by atoms with E-state index in [-0.39, 0.29) is 6.10 Å². The number of anilines is 1. The molecular formula is C16H26N2O. The van der Waals surface area contributed by atoms with Gasteiger partial charge in [-0.2, -0.15) is 0 Å². The van der Waals surface area contributed by atoms with Gasteiger partial charge in [-0.15, -0.1) is 0 Å². The lowest BCUT2D eigenvalue weighted by atomic mass is 10.1. The summed E-state index contributed by atoms with van der Waals surface area (Å²) in [6, 6.07) is 8.86. The summed E-state index contributed by atoms with van der Waals surface area (Å²) in [6.07, 6.45) is 1.93. The van der Waals surface area contributed by atoms with Crippen LogP contribution in [0.5, 0.6) is 0 Å². The molecule has 1 aliphatic heterocycles. The van der Waals surface area contributed by atoms with Gasteiger partial charge in [0.05, 0.1) is 6.10 Å². The maximum atomic E-state index is 9.69. The van der Waals surface area contributed by atoms with Crippen LogP contribution in [0.4, 0.5) is 5.69 Å². The molecule has 0 aromatic heterocycles. The molecule has 0 amide bonds. The third-order valence-corrected chi connectivity index (χ3v) is 3.95. The summed E-state index contributed by atoms with van der Waals surface area (Å²) >= 11 is 0. The van der Waals surface area contributed by atoms with E-state index in [1.165, 1.54) is 11.3 Å². The third-order valence-electron chi connectivity index (χ3n) is 3.95. The highest BCUT2D eigenvalue weighted by molar-refractivity contribution is 5.47. The maximum Gasteiger partial charge on any atom is 0.0667 e. The first-order valence-corrected chi connectivity index (χ1v) is 7.47. The van der Waals surface area contributed by atoms with E-state index in [1.54, 1.807) is 0 Å². The lowest BCUT2D eigenvalue weighted by Crippen LogP contribution is -2.37. The number of benzene rings is 1. The fourth-order valence-corrected chi connectivity index (χ4v) is 2.83. The van der Waals surface area contributed by atoms with Gasteiger partial charge in [0, 0.05) is 31.9 Å². The molecule has 1 aliphatic rings. The van der Waals surface area contributed by atoms with Crippen molar-refractivity contribution in [3.63, 3.8) is 0 Å². The van der Waals surface area contributed by atoms with E-state index in [2.05, 4.69) is 47.9 Å². The van der Waals surface area contributed by atoms with Crippen LogP contribution in [0, 0.1) is 0 Å². The zero-order chi connectivity index (χ0) is 13.7. The molecule has 106 valence electrons. The van der Waals surface area contributed by atoms with Crippen LogP contribution >= 0.6 is 0 Å². The van der Waals surface area contributed by atoms with Crippen LogP contribution in [0.15, 0.2) is 24.3 Å². The van der Waals surface area contributed by atoms with Gasteiger partial charge in [0.25, 0.3) is 0 Å². The van der Waals surface area contributed by atoms with E-state index in [0.29, 0.717) is 0 Å². The van der Waals surface area contributed by atoms with Crippen LogP contribution in [-0.4, -0.2) is 42.3 Å². The number of aliphatic hydroxyl groups is 1. The van der Waals surface area contributed by atoms with Crippen molar-refractivity contribution in [2.24, 2.45) is 0 Å². The Balaban J connectivity index is 1.94. The fourth-order valence-electron chi connectivity index (χ4n) is 2.83. The molecule has 3 heteroatoms. The van der Waals surface area contributed by atoms with E-state index in [4.69, 9.17) is 0 Å². The summed E-state index contributed by atoms with van der Waals surface area (Å²) in [5, 5.41) is 9.69. The van der Waals surface area contributed by atoms with Gasteiger partial charge in [0.15, 0.2) is 0 Å². The first kappa shape index (κ1) is 14.4. The number of hydrogen-bond donors (Lipinski definition) is 1. The lowest BCUT2D eigenvalue weighted by molar-refractivity contribution is 0.0668. The Morgan fingerprint density at radius 2 is 1.89 bits per heavy atom.